The summed E-state index contributed by atoms with van der Waals surface area (Å²) >= 11 is 0. The van der Waals surface area contributed by atoms with Crippen LogP contribution in [0.3, 0.4) is 0 Å². The highest BCUT2D eigenvalue weighted by Gasteiger charge is 2.54. The van der Waals surface area contributed by atoms with Crippen LogP contribution in [0, 0.1) is 0 Å². The Morgan fingerprint density at radius 2 is 1.83 bits per heavy atom. The molecular formula is C20H26N6O3S. The maximum Gasteiger partial charge on any atom is 0.318 e. The number of hydrogen-bond acceptors (Lipinski definition) is 7. The predicted molar refractivity (Wildman–Crippen MR) is 116 cm³/mol. The minimum Gasteiger partial charge on any atom is -0.384 e. The molecule has 1 aliphatic carbocycles. The Bertz CT molecular complexity index is 1040. The van der Waals surface area contributed by atoms with E-state index in [1.165, 1.54) is 7.05 Å². The van der Waals surface area contributed by atoms with Crippen LogP contribution >= 0.6 is 0 Å². The number of carbonyl (C=O) groups excluding carboxylic acids is 1. The number of carbonyl (C=O) groups is 1. The second-order valence-electron chi connectivity index (χ2n) is 7.77. The minimum absolute atomic E-state index is 0.242. The molecule has 1 saturated heterocycles. The fourth-order valence-corrected chi connectivity index (χ4v) is 6.50. The normalized spacial score (nSPS) is 18.6. The lowest BCUT2D eigenvalue weighted by molar-refractivity contribution is 0.254. The number of anilines is 2. The number of urea groups is 1. The Morgan fingerprint density at radius 1 is 1.17 bits per heavy atom. The molecule has 1 aromatic carbocycles. The van der Waals surface area contributed by atoms with Crippen molar-refractivity contribution in [1.29, 1.82) is 0 Å². The quantitative estimate of drug-likeness (QED) is 0.565. The van der Waals surface area contributed by atoms with Crippen LogP contribution in [0.5, 0.6) is 0 Å². The van der Waals surface area contributed by atoms with Crippen molar-refractivity contribution in [2.45, 2.75) is 35.7 Å². The number of sulfone groups is 1. The van der Waals surface area contributed by atoms with Gasteiger partial charge in [-0.3, -0.25) is 0 Å². The van der Waals surface area contributed by atoms with Gasteiger partial charge in [-0.2, -0.15) is 0 Å². The molecule has 0 radical (unpaired) electrons. The number of nitrogens with zero attached hydrogens (tertiary/aromatic N) is 2. The van der Waals surface area contributed by atoms with Crippen LogP contribution in [0.25, 0.3) is 11.4 Å². The van der Waals surface area contributed by atoms with E-state index in [0.717, 1.165) is 0 Å². The Morgan fingerprint density at radius 3 is 2.43 bits per heavy atom. The molecule has 9 nitrogen and oxygen atoms in total. The van der Waals surface area contributed by atoms with Gasteiger partial charge in [0.15, 0.2) is 15.7 Å². The van der Waals surface area contributed by atoms with Crippen molar-refractivity contribution in [2.75, 3.05) is 31.2 Å². The van der Waals surface area contributed by atoms with Crippen LogP contribution in [-0.4, -0.2) is 49.8 Å². The molecule has 2 aliphatic rings. The van der Waals surface area contributed by atoms with E-state index < -0.39 is 14.6 Å². The summed E-state index contributed by atoms with van der Waals surface area (Å²) in [6, 6.07) is 8.30. The third kappa shape index (κ3) is 3.72. The molecule has 5 N–H and O–H groups in total. The van der Waals surface area contributed by atoms with Crippen molar-refractivity contribution in [3.63, 3.8) is 0 Å². The number of piperidine rings is 1. The van der Waals surface area contributed by atoms with Crippen molar-refractivity contribution < 1.29 is 13.2 Å². The van der Waals surface area contributed by atoms with E-state index in [2.05, 4.69) is 25.9 Å². The highest BCUT2D eigenvalue weighted by Crippen LogP contribution is 2.46. The second kappa shape index (κ2) is 7.84. The van der Waals surface area contributed by atoms with E-state index in [1.807, 2.05) is 0 Å². The largest absolute Gasteiger partial charge is 0.384 e. The van der Waals surface area contributed by atoms with Crippen molar-refractivity contribution >= 4 is 27.4 Å². The third-order valence-electron chi connectivity index (χ3n) is 5.76. The van der Waals surface area contributed by atoms with E-state index in [9.17, 15) is 13.2 Å². The lowest BCUT2D eigenvalue weighted by Crippen LogP contribution is -2.47. The van der Waals surface area contributed by atoms with Crippen LogP contribution in [0.2, 0.25) is 0 Å². The first-order valence-electron chi connectivity index (χ1n) is 10.0. The first kappa shape index (κ1) is 20.5. The Balaban J connectivity index is 1.73. The molecule has 0 bridgehead atoms. The summed E-state index contributed by atoms with van der Waals surface area (Å²) in [4.78, 5) is 20.5. The van der Waals surface area contributed by atoms with Crippen LogP contribution in [-0.2, 0) is 14.6 Å². The number of nitrogens with one attached hydrogen (secondary N) is 3. The summed E-state index contributed by atoms with van der Waals surface area (Å²) in [5.74, 6) is 0.617. The summed E-state index contributed by atoms with van der Waals surface area (Å²) in [6.45, 7) is 1.23. The topological polar surface area (TPSA) is 139 Å². The molecule has 1 aliphatic heterocycles. The minimum atomic E-state index is -3.38. The van der Waals surface area contributed by atoms with Gasteiger partial charge in [0.2, 0.25) is 0 Å². The number of nitrogen functional groups attached to an aromatic ring is 1. The molecule has 160 valence electrons. The van der Waals surface area contributed by atoms with Gasteiger partial charge in [0, 0.05) is 24.4 Å². The van der Waals surface area contributed by atoms with Crippen molar-refractivity contribution in [1.82, 2.24) is 20.6 Å². The van der Waals surface area contributed by atoms with Gasteiger partial charge >= 0.3 is 6.03 Å². The maximum absolute atomic E-state index is 13.4. The van der Waals surface area contributed by atoms with Gasteiger partial charge in [-0.25, -0.2) is 23.2 Å². The van der Waals surface area contributed by atoms with E-state index in [4.69, 9.17) is 5.73 Å². The molecule has 10 heteroatoms. The van der Waals surface area contributed by atoms with Crippen LogP contribution in [0.1, 0.15) is 31.4 Å². The van der Waals surface area contributed by atoms with Crippen molar-refractivity contribution in [2.24, 2.45) is 0 Å². The monoisotopic (exact) mass is 430 g/mol. The Labute approximate surface area is 175 Å². The number of amides is 2. The fraction of sp³-hybridized carbons (Fsp3) is 0.450. The van der Waals surface area contributed by atoms with Crippen molar-refractivity contribution in [3.8, 4) is 11.4 Å². The molecule has 0 atom stereocenters. The van der Waals surface area contributed by atoms with Gasteiger partial charge in [-0.1, -0.05) is 0 Å². The van der Waals surface area contributed by atoms with E-state index >= 15 is 0 Å². The van der Waals surface area contributed by atoms with Crippen LogP contribution in [0.15, 0.2) is 30.3 Å². The number of hydrogen-bond donors (Lipinski definition) is 4. The number of rotatable bonds is 5. The maximum atomic E-state index is 13.4. The third-order valence-corrected chi connectivity index (χ3v) is 8.82. The van der Waals surface area contributed by atoms with Gasteiger partial charge in [0.25, 0.3) is 0 Å². The van der Waals surface area contributed by atoms with Crippen LogP contribution in [0.4, 0.5) is 16.3 Å². The zero-order chi connectivity index (χ0) is 21.4. The van der Waals surface area contributed by atoms with E-state index in [-0.39, 0.29) is 17.1 Å². The summed E-state index contributed by atoms with van der Waals surface area (Å²) < 4.78 is 25.8. The summed E-state index contributed by atoms with van der Waals surface area (Å²) in [5, 5.41) is 8.14. The smallest absolute Gasteiger partial charge is 0.318 e. The summed E-state index contributed by atoms with van der Waals surface area (Å²) in [7, 11) is -1.84. The van der Waals surface area contributed by atoms with E-state index in [0.29, 0.717) is 61.5 Å². The highest BCUT2D eigenvalue weighted by molar-refractivity contribution is 7.93. The SMILES string of the molecule is CNC(=O)Nc1ccc(-c2nc(N)cc(C3(S(=O)(=O)C4CC4)CCNCC3)n2)cc1. The summed E-state index contributed by atoms with van der Waals surface area (Å²) in [6.07, 6.45) is 2.36. The average Bonchev–Trinajstić information content (AvgIpc) is 3.60. The average molecular weight is 431 g/mol. The van der Waals surface area contributed by atoms with Gasteiger partial charge in [-0.15, -0.1) is 0 Å². The zero-order valence-electron chi connectivity index (χ0n) is 16.8. The second-order valence-corrected chi connectivity index (χ2v) is 10.3. The van der Waals surface area contributed by atoms with Gasteiger partial charge < -0.3 is 21.7 Å². The first-order chi connectivity index (χ1) is 14.4. The zero-order valence-corrected chi connectivity index (χ0v) is 17.6. The predicted octanol–water partition coefficient (Wildman–Crippen LogP) is 1.63. The molecule has 2 aromatic rings. The van der Waals surface area contributed by atoms with Gasteiger partial charge in [-0.05, 0) is 63.0 Å². The molecular weight excluding hydrogens is 404 g/mol. The first-order valence-corrected chi connectivity index (χ1v) is 11.6. The lowest BCUT2D eigenvalue weighted by atomic mass is 9.92. The highest BCUT2D eigenvalue weighted by atomic mass is 32.2. The van der Waals surface area contributed by atoms with Crippen LogP contribution < -0.4 is 21.7 Å². The molecule has 0 unspecified atom stereocenters. The molecule has 1 aromatic heterocycles. The number of benzene rings is 1. The summed E-state index contributed by atoms with van der Waals surface area (Å²) in [5.41, 5.74) is 7.87. The molecule has 2 amide bonds. The number of aromatic nitrogens is 2. The molecule has 30 heavy (non-hydrogen) atoms. The molecule has 2 fully saturated rings. The van der Waals surface area contributed by atoms with Crippen molar-refractivity contribution in [3.05, 3.63) is 36.0 Å². The molecule has 2 heterocycles. The standard InChI is InChI=1S/C20H26N6O3S/c1-22-19(27)24-14-4-2-13(3-5-14)18-25-16(12-17(21)26-18)20(8-10-23-11-9-20)30(28,29)15-6-7-15/h2-5,12,15,23H,6-11H2,1H3,(H2,21,25,26)(H2,22,24,27). The molecule has 1 saturated carbocycles. The lowest BCUT2D eigenvalue weighted by Gasteiger charge is -2.37. The van der Waals surface area contributed by atoms with E-state index in [1.54, 1.807) is 30.3 Å². The number of nitrogens with two attached hydrogens (primary N) is 1. The Hall–Kier alpha value is -2.72. The molecule has 0 spiro atoms. The van der Waals surface area contributed by atoms with Gasteiger partial charge in [0.05, 0.1) is 10.9 Å². The van der Waals surface area contributed by atoms with Gasteiger partial charge in [0.1, 0.15) is 10.6 Å². The Kier molecular flexibility index (Phi) is 5.37. The molecule has 4 rings (SSSR count). The fourth-order valence-electron chi connectivity index (χ4n) is 3.94.